The Bertz CT molecular complexity index is 498. The van der Waals surface area contributed by atoms with Crippen molar-refractivity contribution in [2.24, 2.45) is 0 Å². The van der Waals surface area contributed by atoms with Gasteiger partial charge in [-0.15, -0.1) is 11.3 Å². The van der Waals surface area contributed by atoms with E-state index in [1.54, 1.807) is 0 Å². The number of likely N-dealkylation sites (tertiary alicyclic amines) is 1. The predicted octanol–water partition coefficient (Wildman–Crippen LogP) is 2.01. The molecule has 1 N–H and O–H groups in total. The summed E-state index contributed by atoms with van der Waals surface area (Å²) in [6.45, 7) is 7.52. The molecule has 0 radical (unpaired) electrons. The van der Waals surface area contributed by atoms with Gasteiger partial charge in [-0.3, -0.25) is 9.59 Å². The minimum atomic E-state index is -0.168. The van der Waals surface area contributed by atoms with Crippen LogP contribution in [0.4, 0.5) is 0 Å². The van der Waals surface area contributed by atoms with Crippen LogP contribution < -0.4 is 5.32 Å². The van der Waals surface area contributed by atoms with Crippen molar-refractivity contribution in [3.8, 4) is 0 Å². The Labute approximate surface area is 123 Å². The van der Waals surface area contributed by atoms with E-state index < -0.39 is 0 Å². The SMILES string of the molecule is CCCN1CC(NC(=O)c2nc(C(C)C)cs2)CC1=O. The molecule has 0 spiro atoms. The Morgan fingerprint density at radius 2 is 2.35 bits per heavy atom. The van der Waals surface area contributed by atoms with Crippen LogP contribution in [-0.2, 0) is 4.79 Å². The third-order valence-electron chi connectivity index (χ3n) is 3.35. The summed E-state index contributed by atoms with van der Waals surface area (Å²) in [6, 6.07) is -0.0899. The van der Waals surface area contributed by atoms with E-state index in [2.05, 4.69) is 24.1 Å². The molecule has 2 heterocycles. The van der Waals surface area contributed by atoms with E-state index in [9.17, 15) is 9.59 Å². The highest BCUT2D eigenvalue weighted by molar-refractivity contribution is 7.11. The molecule has 0 aliphatic carbocycles. The van der Waals surface area contributed by atoms with Gasteiger partial charge in [-0.2, -0.15) is 0 Å². The zero-order chi connectivity index (χ0) is 14.7. The summed E-state index contributed by atoms with van der Waals surface area (Å²) in [5, 5.41) is 5.31. The Morgan fingerprint density at radius 1 is 1.60 bits per heavy atom. The number of nitrogens with one attached hydrogen (secondary N) is 1. The quantitative estimate of drug-likeness (QED) is 0.904. The summed E-state index contributed by atoms with van der Waals surface area (Å²) in [4.78, 5) is 30.0. The van der Waals surface area contributed by atoms with Gasteiger partial charge in [0.25, 0.3) is 5.91 Å². The van der Waals surface area contributed by atoms with Crippen LogP contribution in [0.1, 0.15) is 55.0 Å². The second-order valence-corrected chi connectivity index (χ2v) is 6.30. The number of nitrogens with zero attached hydrogens (tertiary/aromatic N) is 2. The molecule has 2 amide bonds. The molecule has 110 valence electrons. The van der Waals surface area contributed by atoms with Gasteiger partial charge in [-0.1, -0.05) is 20.8 Å². The molecule has 1 atom stereocenters. The number of aromatic nitrogens is 1. The lowest BCUT2D eigenvalue weighted by Crippen LogP contribution is -2.37. The Balaban J connectivity index is 1.93. The van der Waals surface area contributed by atoms with Crippen LogP contribution >= 0.6 is 11.3 Å². The first-order valence-electron chi connectivity index (χ1n) is 7.05. The van der Waals surface area contributed by atoms with Crippen LogP contribution in [0.5, 0.6) is 0 Å². The minimum Gasteiger partial charge on any atom is -0.345 e. The molecular formula is C14H21N3O2S. The van der Waals surface area contributed by atoms with E-state index in [0.717, 1.165) is 18.7 Å². The number of hydrogen-bond donors (Lipinski definition) is 1. The molecule has 0 bridgehead atoms. The Morgan fingerprint density at radius 3 is 2.95 bits per heavy atom. The van der Waals surface area contributed by atoms with Gasteiger partial charge < -0.3 is 10.2 Å². The number of amides is 2. The van der Waals surface area contributed by atoms with Gasteiger partial charge in [0.05, 0.1) is 11.7 Å². The van der Waals surface area contributed by atoms with Crippen LogP contribution in [0.15, 0.2) is 5.38 Å². The van der Waals surface area contributed by atoms with Crippen molar-refractivity contribution in [3.05, 3.63) is 16.1 Å². The van der Waals surface area contributed by atoms with Crippen molar-refractivity contribution < 1.29 is 9.59 Å². The molecule has 1 aromatic heterocycles. The number of rotatable bonds is 5. The molecule has 1 aliphatic heterocycles. The molecule has 1 saturated heterocycles. The lowest BCUT2D eigenvalue weighted by atomic mass is 10.2. The van der Waals surface area contributed by atoms with E-state index in [-0.39, 0.29) is 17.9 Å². The predicted molar refractivity (Wildman–Crippen MR) is 78.9 cm³/mol. The highest BCUT2D eigenvalue weighted by Crippen LogP contribution is 2.18. The second-order valence-electron chi connectivity index (χ2n) is 5.45. The van der Waals surface area contributed by atoms with Crippen molar-refractivity contribution in [2.45, 2.75) is 45.6 Å². The average Bonchev–Trinajstić information content (AvgIpc) is 2.98. The van der Waals surface area contributed by atoms with Crippen LogP contribution in [0.3, 0.4) is 0 Å². The highest BCUT2D eigenvalue weighted by atomic mass is 32.1. The minimum absolute atomic E-state index is 0.0899. The van der Waals surface area contributed by atoms with Crippen molar-refractivity contribution >= 4 is 23.2 Å². The Kier molecular flexibility index (Phi) is 4.75. The van der Waals surface area contributed by atoms with Gasteiger partial charge >= 0.3 is 0 Å². The van der Waals surface area contributed by atoms with Crippen molar-refractivity contribution in [3.63, 3.8) is 0 Å². The molecular weight excluding hydrogens is 274 g/mol. The van der Waals surface area contributed by atoms with Crippen molar-refractivity contribution in [1.29, 1.82) is 0 Å². The summed E-state index contributed by atoms with van der Waals surface area (Å²) in [7, 11) is 0. The summed E-state index contributed by atoms with van der Waals surface area (Å²) in [5.74, 6) is 0.276. The van der Waals surface area contributed by atoms with Crippen LogP contribution in [0, 0.1) is 0 Å². The smallest absolute Gasteiger partial charge is 0.280 e. The fraction of sp³-hybridized carbons (Fsp3) is 0.643. The fourth-order valence-electron chi connectivity index (χ4n) is 2.26. The summed E-state index contributed by atoms with van der Waals surface area (Å²) in [5.41, 5.74) is 0.940. The van der Waals surface area contributed by atoms with Crippen molar-refractivity contribution in [2.75, 3.05) is 13.1 Å². The normalized spacial score (nSPS) is 18.9. The lowest BCUT2D eigenvalue weighted by molar-refractivity contribution is -0.127. The van der Waals surface area contributed by atoms with Gasteiger partial charge in [-0.05, 0) is 12.3 Å². The first-order valence-corrected chi connectivity index (χ1v) is 7.93. The largest absolute Gasteiger partial charge is 0.345 e. The zero-order valence-corrected chi connectivity index (χ0v) is 13.0. The highest BCUT2D eigenvalue weighted by Gasteiger charge is 2.30. The molecule has 6 heteroatoms. The zero-order valence-electron chi connectivity index (χ0n) is 12.2. The van der Waals surface area contributed by atoms with E-state index in [1.165, 1.54) is 11.3 Å². The Hall–Kier alpha value is -1.43. The van der Waals surface area contributed by atoms with E-state index >= 15 is 0 Å². The topological polar surface area (TPSA) is 62.3 Å². The summed E-state index contributed by atoms with van der Waals surface area (Å²) in [6.07, 6.45) is 1.34. The summed E-state index contributed by atoms with van der Waals surface area (Å²) < 4.78 is 0. The number of carbonyl (C=O) groups excluding carboxylic acids is 2. The van der Waals surface area contributed by atoms with Gasteiger partial charge in [-0.25, -0.2) is 4.98 Å². The number of thiazole rings is 1. The van der Waals surface area contributed by atoms with Gasteiger partial charge in [0, 0.05) is 24.9 Å². The second kappa shape index (κ2) is 6.35. The molecule has 20 heavy (non-hydrogen) atoms. The monoisotopic (exact) mass is 295 g/mol. The first-order chi connectivity index (χ1) is 9.51. The molecule has 1 fully saturated rings. The molecule has 0 saturated carbocycles. The van der Waals surface area contributed by atoms with Crippen LogP contribution in [0.25, 0.3) is 0 Å². The lowest BCUT2D eigenvalue weighted by Gasteiger charge is -2.15. The molecule has 0 aromatic carbocycles. The van der Waals surface area contributed by atoms with Gasteiger partial charge in [0.15, 0.2) is 5.01 Å². The van der Waals surface area contributed by atoms with Crippen LogP contribution in [0.2, 0.25) is 0 Å². The van der Waals surface area contributed by atoms with E-state index in [4.69, 9.17) is 0 Å². The van der Waals surface area contributed by atoms with E-state index in [0.29, 0.717) is 23.9 Å². The maximum absolute atomic E-state index is 12.1. The molecule has 1 unspecified atom stereocenters. The number of hydrogen-bond acceptors (Lipinski definition) is 4. The molecule has 5 nitrogen and oxygen atoms in total. The maximum Gasteiger partial charge on any atom is 0.280 e. The van der Waals surface area contributed by atoms with Gasteiger partial charge in [0.2, 0.25) is 5.91 Å². The molecule has 1 aliphatic rings. The molecule has 1 aromatic rings. The standard InChI is InChI=1S/C14H21N3O2S/c1-4-5-17-7-10(6-12(17)18)15-13(19)14-16-11(8-20-14)9(2)3/h8-10H,4-7H2,1-3H3,(H,15,19). The maximum atomic E-state index is 12.1. The van der Waals surface area contributed by atoms with Crippen LogP contribution in [-0.4, -0.2) is 40.8 Å². The molecule has 2 rings (SSSR count). The van der Waals surface area contributed by atoms with E-state index in [1.807, 2.05) is 17.2 Å². The summed E-state index contributed by atoms with van der Waals surface area (Å²) >= 11 is 1.36. The third kappa shape index (κ3) is 3.36. The van der Waals surface area contributed by atoms with Gasteiger partial charge in [0.1, 0.15) is 0 Å². The average molecular weight is 295 g/mol. The fourth-order valence-corrected chi connectivity index (χ4v) is 3.14. The van der Waals surface area contributed by atoms with Crippen molar-refractivity contribution in [1.82, 2.24) is 15.2 Å². The third-order valence-corrected chi connectivity index (χ3v) is 4.21. The first kappa shape index (κ1) is 15.0. The number of carbonyl (C=O) groups is 2.